The molecule has 60 valence electrons. The van der Waals surface area contributed by atoms with Gasteiger partial charge in [0.05, 0.1) is 0 Å². The lowest BCUT2D eigenvalue weighted by Crippen LogP contribution is -1.90. The number of hydrogen-bond acceptors (Lipinski definition) is 3. The molecule has 0 rings (SSSR count). The Morgan fingerprint density at radius 2 is 2.20 bits per heavy atom. The highest BCUT2D eigenvalue weighted by atomic mass is 28.2. The maximum Gasteiger partial charge on any atom is 0.231 e. The van der Waals surface area contributed by atoms with Crippen LogP contribution < -0.4 is 0 Å². The van der Waals surface area contributed by atoms with Crippen LogP contribution in [0.5, 0.6) is 0 Å². The lowest BCUT2D eigenvalue weighted by atomic mass is 10.4. The summed E-state index contributed by atoms with van der Waals surface area (Å²) in [6, 6.07) is 1.35. The molecule has 0 heterocycles. The fourth-order valence-electron chi connectivity index (χ4n) is 0.496. The molecule has 0 spiro atoms. The molecule has 0 amide bonds. The Hall–Kier alpha value is -0.443. The molecule has 10 heavy (non-hydrogen) atoms. The second kappa shape index (κ2) is 15.8. The topological polar surface area (TPSA) is 50.1 Å². The van der Waals surface area contributed by atoms with E-state index in [9.17, 15) is 0 Å². The van der Waals surface area contributed by atoms with Crippen LogP contribution in [-0.2, 0) is 9.22 Å². The van der Waals surface area contributed by atoms with Gasteiger partial charge in [0.25, 0.3) is 0 Å². The van der Waals surface area contributed by atoms with Crippen LogP contribution in [0.15, 0.2) is 0 Å². The fourth-order valence-corrected chi connectivity index (χ4v) is 1.49. The molecular formula is C6H15NO2Si. The van der Waals surface area contributed by atoms with Gasteiger partial charge in [-0.3, -0.25) is 0 Å². The maximum absolute atomic E-state index is 8.35. The smallest absolute Gasteiger partial charge is 0.231 e. The number of rotatable bonds is 4. The first-order valence-electron chi connectivity index (χ1n) is 3.36. The Balaban J connectivity index is 0. The zero-order valence-corrected chi connectivity index (χ0v) is 8.06. The predicted molar refractivity (Wildman–Crippen MR) is 43.7 cm³/mol. The van der Waals surface area contributed by atoms with Crippen molar-refractivity contribution in [3.63, 3.8) is 0 Å². The molecule has 0 aromatic rings. The highest BCUT2D eigenvalue weighted by molar-refractivity contribution is 6.26. The predicted octanol–water partition coefficient (Wildman–Crippen LogP) is 0.836. The number of hydrogen-bond donors (Lipinski definition) is 1. The molecule has 0 aromatic carbocycles. The Labute approximate surface area is 64.2 Å². The third kappa shape index (κ3) is 25.7. The highest BCUT2D eigenvalue weighted by Crippen LogP contribution is 1.91. The first-order chi connectivity index (χ1) is 4.83. The molecule has 4 heteroatoms. The van der Waals surface area contributed by atoms with Gasteiger partial charge >= 0.3 is 0 Å². The molecule has 1 N–H and O–H groups in total. The SMILES string of the molecule is CCCC[SiH2]OC.N=C=O. The van der Waals surface area contributed by atoms with Crippen molar-refractivity contribution in [3.05, 3.63) is 0 Å². The Morgan fingerprint density at radius 3 is 2.50 bits per heavy atom. The van der Waals surface area contributed by atoms with Gasteiger partial charge in [0.15, 0.2) is 9.76 Å². The van der Waals surface area contributed by atoms with Crippen LogP contribution in [0.3, 0.4) is 0 Å². The first kappa shape index (κ1) is 12.3. The summed E-state index contributed by atoms with van der Waals surface area (Å²) in [5, 5.41) is 5.40. The largest absolute Gasteiger partial charge is 0.427 e. The van der Waals surface area contributed by atoms with E-state index in [1.54, 1.807) is 0 Å². The number of unbranched alkanes of at least 4 members (excludes halogenated alkanes) is 1. The summed E-state index contributed by atoms with van der Waals surface area (Å²) in [6.07, 6.45) is 3.43. The minimum absolute atomic E-state index is 0.0893. The first-order valence-corrected chi connectivity index (χ1v) is 4.94. The molecule has 0 atom stereocenters. The van der Waals surface area contributed by atoms with Gasteiger partial charge in [0.1, 0.15) is 0 Å². The van der Waals surface area contributed by atoms with Crippen LogP contribution >= 0.6 is 0 Å². The van der Waals surface area contributed by atoms with E-state index < -0.39 is 0 Å². The minimum atomic E-state index is -0.0893. The summed E-state index contributed by atoms with van der Waals surface area (Å²) in [6.45, 7) is 2.21. The molecule has 0 aromatic heterocycles. The summed E-state index contributed by atoms with van der Waals surface area (Å²) in [4.78, 5) is 8.35. The van der Waals surface area contributed by atoms with E-state index in [2.05, 4.69) is 6.92 Å². The van der Waals surface area contributed by atoms with E-state index in [0.29, 0.717) is 0 Å². The van der Waals surface area contributed by atoms with Crippen molar-refractivity contribution in [1.82, 2.24) is 0 Å². The summed E-state index contributed by atoms with van der Waals surface area (Å²) in [5.41, 5.74) is 0. The summed E-state index contributed by atoms with van der Waals surface area (Å²) >= 11 is 0. The average molecular weight is 161 g/mol. The van der Waals surface area contributed by atoms with Gasteiger partial charge < -0.3 is 4.43 Å². The van der Waals surface area contributed by atoms with Gasteiger partial charge in [-0.15, -0.1) is 0 Å². The van der Waals surface area contributed by atoms with E-state index in [1.807, 2.05) is 7.11 Å². The quantitative estimate of drug-likeness (QED) is 0.287. The molecule has 0 aliphatic heterocycles. The zero-order chi connectivity index (χ0) is 8.24. The van der Waals surface area contributed by atoms with Crippen molar-refractivity contribution in [2.24, 2.45) is 0 Å². The van der Waals surface area contributed by atoms with E-state index in [1.165, 1.54) is 18.9 Å². The minimum Gasteiger partial charge on any atom is -0.427 e. The van der Waals surface area contributed by atoms with Gasteiger partial charge in [-0.1, -0.05) is 19.8 Å². The maximum atomic E-state index is 8.35. The second-order valence-electron chi connectivity index (χ2n) is 1.80. The van der Waals surface area contributed by atoms with Crippen molar-refractivity contribution in [2.75, 3.05) is 7.11 Å². The fraction of sp³-hybridized carbons (Fsp3) is 0.833. The molecular weight excluding hydrogens is 146 g/mol. The van der Waals surface area contributed by atoms with Crippen molar-refractivity contribution in [2.45, 2.75) is 25.8 Å². The number of nitrogens with one attached hydrogen (secondary N) is 1. The van der Waals surface area contributed by atoms with E-state index >= 15 is 0 Å². The van der Waals surface area contributed by atoms with Crippen LogP contribution in [0.2, 0.25) is 6.04 Å². The molecule has 0 saturated carbocycles. The summed E-state index contributed by atoms with van der Waals surface area (Å²) < 4.78 is 4.98. The molecule has 0 aliphatic rings. The molecule has 0 radical (unpaired) electrons. The molecule has 3 nitrogen and oxygen atoms in total. The third-order valence-electron chi connectivity index (χ3n) is 0.952. The number of isocyanates is 1. The van der Waals surface area contributed by atoms with Gasteiger partial charge in [-0.2, -0.15) is 0 Å². The van der Waals surface area contributed by atoms with E-state index in [-0.39, 0.29) is 9.76 Å². The van der Waals surface area contributed by atoms with Gasteiger partial charge in [-0.05, 0) is 6.04 Å². The molecule has 0 fully saturated rings. The van der Waals surface area contributed by atoms with Crippen LogP contribution in [0.25, 0.3) is 0 Å². The van der Waals surface area contributed by atoms with Crippen LogP contribution in [0, 0.1) is 5.41 Å². The standard InChI is InChI=1S/C5H14OSi.CHNO/c1-3-4-5-7-6-2;2-1-3/h3-5,7H2,1-2H3;2H. The number of carbonyl (C=O) groups excluding carboxylic acids is 1. The lowest BCUT2D eigenvalue weighted by molar-refractivity contribution is 0.439. The molecule has 0 aliphatic carbocycles. The van der Waals surface area contributed by atoms with Crippen LogP contribution in [0.1, 0.15) is 19.8 Å². The van der Waals surface area contributed by atoms with E-state index in [4.69, 9.17) is 14.6 Å². The normalized spacial score (nSPS) is 8.60. The lowest BCUT2D eigenvalue weighted by Gasteiger charge is -1.91. The third-order valence-corrected chi connectivity index (χ3v) is 2.15. The summed E-state index contributed by atoms with van der Waals surface area (Å²) in [5.74, 6) is 0. The van der Waals surface area contributed by atoms with Crippen LogP contribution in [-0.4, -0.2) is 23.0 Å². The van der Waals surface area contributed by atoms with Gasteiger partial charge in [0, 0.05) is 7.11 Å². The second-order valence-corrected chi connectivity index (χ2v) is 3.49. The monoisotopic (exact) mass is 161 g/mol. The molecule has 0 bridgehead atoms. The van der Waals surface area contributed by atoms with Crippen molar-refractivity contribution in [3.8, 4) is 0 Å². The van der Waals surface area contributed by atoms with Crippen molar-refractivity contribution >= 4 is 15.8 Å². The molecule has 0 saturated heterocycles. The van der Waals surface area contributed by atoms with Gasteiger partial charge in [0.2, 0.25) is 6.08 Å². The summed E-state index contributed by atoms with van der Waals surface area (Å²) in [7, 11) is 1.72. The zero-order valence-electron chi connectivity index (χ0n) is 6.64. The molecule has 0 unspecified atom stereocenters. The van der Waals surface area contributed by atoms with Gasteiger partial charge in [-0.25, -0.2) is 10.2 Å². The van der Waals surface area contributed by atoms with Crippen LogP contribution in [0.4, 0.5) is 0 Å². The van der Waals surface area contributed by atoms with E-state index in [0.717, 1.165) is 6.08 Å². The Bertz CT molecular complexity index is 77.8. The van der Waals surface area contributed by atoms with Crippen molar-refractivity contribution in [1.29, 1.82) is 5.41 Å². The Morgan fingerprint density at radius 1 is 1.70 bits per heavy atom. The highest BCUT2D eigenvalue weighted by Gasteiger charge is 1.81. The Kier molecular flexibility index (Phi) is 19.4. The van der Waals surface area contributed by atoms with Crippen molar-refractivity contribution < 1.29 is 9.22 Å². The average Bonchev–Trinajstić information content (AvgIpc) is 1.91.